The highest BCUT2D eigenvalue weighted by atomic mass is 19.1. The third-order valence-corrected chi connectivity index (χ3v) is 4.59. The van der Waals surface area contributed by atoms with Crippen molar-refractivity contribution in [1.29, 1.82) is 0 Å². The van der Waals surface area contributed by atoms with E-state index in [0.717, 1.165) is 29.3 Å². The lowest BCUT2D eigenvalue weighted by Crippen LogP contribution is -2.21. The van der Waals surface area contributed by atoms with Gasteiger partial charge >= 0.3 is 6.09 Å². The van der Waals surface area contributed by atoms with E-state index in [9.17, 15) is 13.6 Å². The summed E-state index contributed by atoms with van der Waals surface area (Å²) in [5.41, 5.74) is 2.15. The number of ether oxygens (including phenoxy) is 2. The minimum atomic E-state index is -1.06. The van der Waals surface area contributed by atoms with Gasteiger partial charge in [0.1, 0.15) is 17.7 Å². The van der Waals surface area contributed by atoms with Crippen LogP contribution in [0.4, 0.5) is 13.6 Å². The predicted octanol–water partition coefficient (Wildman–Crippen LogP) is 4.56. The molecule has 0 spiro atoms. The summed E-state index contributed by atoms with van der Waals surface area (Å²) in [4.78, 5) is 16.3. The first-order valence-electron chi connectivity index (χ1n) is 8.58. The van der Waals surface area contributed by atoms with Gasteiger partial charge in [-0.2, -0.15) is 0 Å². The van der Waals surface area contributed by atoms with Crippen LogP contribution >= 0.6 is 0 Å². The molecule has 1 amide bonds. The first-order chi connectivity index (χ1) is 13.6. The lowest BCUT2D eigenvalue weighted by Gasteiger charge is -2.20. The number of hydrogen-bond donors (Lipinski definition) is 1. The van der Waals surface area contributed by atoms with Gasteiger partial charge in [-0.3, -0.25) is 0 Å². The molecular formula is C21H16F2N2O3. The summed E-state index contributed by atoms with van der Waals surface area (Å²) in [5.74, 6) is -1.03. The third kappa shape index (κ3) is 3.26. The average Bonchev–Trinajstić information content (AvgIpc) is 3.11. The van der Waals surface area contributed by atoms with Crippen LogP contribution < -0.4 is 10.1 Å². The Kier molecular flexibility index (Phi) is 4.65. The maximum absolute atomic E-state index is 14.3. The number of halogens is 2. The largest absolute Gasteiger partial charge is 0.481 e. The van der Waals surface area contributed by atoms with Crippen molar-refractivity contribution in [2.75, 3.05) is 7.11 Å². The van der Waals surface area contributed by atoms with E-state index in [1.165, 1.54) is 7.11 Å². The maximum Gasteiger partial charge on any atom is 0.408 e. The van der Waals surface area contributed by atoms with Gasteiger partial charge in [0.2, 0.25) is 5.88 Å². The van der Waals surface area contributed by atoms with Gasteiger partial charge in [0.15, 0.2) is 6.10 Å². The molecule has 0 aliphatic carbocycles. The zero-order chi connectivity index (χ0) is 19.7. The average molecular weight is 382 g/mol. The number of alkyl carbamates (subject to hydrolysis) is 1. The number of methoxy groups -OCH3 is 1. The van der Waals surface area contributed by atoms with Crippen LogP contribution in [0.5, 0.6) is 5.88 Å². The molecule has 1 aliphatic rings. The second kappa shape index (κ2) is 7.26. The van der Waals surface area contributed by atoms with Crippen LogP contribution in [0.1, 0.15) is 23.3 Å². The number of cyclic esters (lactones) is 1. The van der Waals surface area contributed by atoms with E-state index < -0.39 is 29.9 Å². The van der Waals surface area contributed by atoms with Crippen LogP contribution in [0.3, 0.4) is 0 Å². The number of amides is 1. The lowest BCUT2D eigenvalue weighted by molar-refractivity contribution is 0.129. The summed E-state index contributed by atoms with van der Waals surface area (Å²) in [7, 11) is 1.45. The molecule has 1 aromatic heterocycles. The van der Waals surface area contributed by atoms with Gasteiger partial charge in [0.25, 0.3) is 0 Å². The first-order valence-corrected chi connectivity index (χ1v) is 8.58. The Morgan fingerprint density at radius 2 is 1.82 bits per heavy atom. The highest BCUT2D eigenvalue weighted by Gasteiger charge is 2.40. The van der Waals surface area contributed by atoms with Crippen molar-refractivity contribution in [3.05, 3.63) is 83.6 Å². The number of rotatable bonds is 4. The molecule has 28 heavy (non-hydrogen) atoms. The predicted molar refractivity (Wildman–Crippen MR) is 97.7 cm³/mol. The molecule has 5 nitrogen and oxygen atoms in total. The van der Waals surface area contributed by atoms with Crippen molar-refractivity contribution in [2.24, 2.45) is 0 Å². The summed E-state index contributed by atoms with van der Waals surface area (Å²) in [6, 6.07) is 13.6. The van der Waals surface area contributed by atoms with Crippen molar-refractivity contribution in [1.82, 2.24) is 10.3 Å². The van der Waals surface area contributed by atoms with Crippen molar-refractivity contribution in [3.63, 3.8) is 0 Å². The van der Waals surface area contributed by atoms with E-state index in [2.05, 4.69) is 10.3 Å². The summed E-state index contributed by atoms with van der Waals surface area (Å²) < 4.78 is 38.6. The number of aromatic nitrogens is 1. The normalized spacial score (nSPS) is 18.5. The van der Waals surface area contributed by atoms with Crippen molar-refractivity contribution in [3.8, 4) is 17.0 Å². The first kappa shape index (κ1) is 17.9. The molecule has 2 heterocycles. The summed E-state index contributed by atoms with van der Waals surface area (Å²) in [5, 5.41) is 2.65. The fourth-order valence-electron chi connectivity index (χ4n) is 3.29. The second-order valence-electron chi connectivity index (χ2n) is 6.30. The van der Waals surface area contributed by atoms with E-state index >= 15 is 0 Å². The van der Waals surface area contributed by atoms with Crippen molar-refractivity contribution in [2.45, 2.75) is 12.1 Å². The molecular weight excluding hydrogens is 366 g/mol. The Bertz CT molecular complexity index is 1030. The van der Waals surface area contributed by atoms with Crippen LogP contribution in [0.2, 0.25) is 0 Å². The Morgan fingerprint density at radius 1 is 1.04 bits per heavy atom. The van der Waals surface area contributed by atoms with Gasteiger partial charge in [-0.25, -0.2) is 18.6 Å². The van der Waals surface area contributed by atoms with Gasteiger partial charge < -0.3 is 14.8 Å². The number of hydrogen-bond acceptors (Lipinski definition) is 4. The van der Waals surface area contributed by atoms with E-state index in [1.54, 1.807) is 12.3 Å². The van der Waals surface area contributed by atoms with Gasteiger partial charge in [0.05, 0.1) is 7.11 Å². The van der Waals surface area contributed by atoms with Crippen LogP contribution in [0, 0.1) is 11.6 Å². The second-order valence-corrected chi connectivity index (χ2v) is 6.30. The fraction of sp³-hybridized carbons (Fsp3) is 0.143. The minimum Gasteiger partial charge on any atom is -0.481 e. The highest BCUT2D eigenvalue weighted by molar-refractivity contribution is 5.72. The molecule has 4 rings (SSSR count). The molecule has 1 aliphatic heterocycles. The zero-order valence-electron chi connectivity index (χ0n) is 14.9. The molecule has 2 aromatic carbocycles. The molecule has 0 bridgehead atoms. The summed E-state index contributed by atoms with van der Waals surface area (Å²) >= 11 is 0. The zero-order valence-corrected chi connectivity index (χ0v) is 14.9. The number of carbonyl (C=O) groups is 1. The van der Waals surface area contributed by atoms with Crippen LogP contribution in [-0.2, 0) is 4.74 Å². The Hall–Kier alpha value is -3.48. The fourth-order valence-corrected chi connectivity index (χ4v) is 3.29. The van der Waals surface area contributed by atoms with Crippen LogP contribution in [0.25, 0.3) is 11.1 Å². The standard InChI is InChI=1S/C21H16F2N2O3/c1-27-20-16(9-13(11-24-20)12-5-3-2-4-6-12)18-19(28-21(26)25-18)15-10-14(22)7-8-17(15)23/h2-11,18-19H,1H3,(H,25,26)/t18-,19-/m1/s1. The number of benzene rings is 2. The van der Waals surface area contributed by atoms with E-state index in [0.29, 0.717) is 5.56 Å². The topological polar surface area (TPSA) is 60.5 Å². The van der Waals surface area contributed by atoms with Crippen molar-refractivity contribution < 1.29 is 23.0 Å². The Morgan fingerprint density at radius 3 is 2.57 bits per heavy atom. The monoisotopic (exact) mass is 382 g/mol. The summed E-state index contributed by atoms with van der Waals surface area (Å²) in [6.45, 7) is 0. The van der Waals surface area contributed by atoms with Gasteiger partial charge in [0, 0.05) is 22.9 Å². The molecule has 1 saturated heterocycles. The lowest BCUT2D eigenvalue weighted by atomic mass is 9.94. The molecule has 3 aromatic rings. The Labute approximate surface area is 159 Å². The minimum absolute atomic E-state index is 0.0597. The van der Waals surface area contributed by atoms with Crippen LogP contribution in [0.15, 0.2) is 60.8 Å². The number of nitrogens with one attached hydrogen (secondary N) is 1. The quantitative estimate of drug-likeness (QED) is 0.719. The smallest absolute Gasteiger partial charge is 0.408 e. The highest BCUT2D eigenvalue weighted by Crippen LogP contribution is 2.41. The molecule has 0 unspecified atom stereocenters. The van der Waals surface area contributed by atoms with E-state index in [4.69, 9.17) is 9.47 Å². The number of carbonyl (C=O) groups excluding carboxylic acids is 1. The third-order valence-electron chi connectivity index (χ3n) is 4.59. The van der Waals surface area contributed by atoms with E-state index in [1.807, 2.05) is 30.3 Å². The molecule has 142 valence electrons. The van der Waals surface area contributed by atoms with Gasteiger partial charge in [-0.05, 0) is 29.8 Å². The van der Waals surface area contributed by atoms with Crippen molar-refractivity contribution >= 4 is 6.09 Å². The Balaban J connectivity index is 1.81. The van der Waals surface area contributed by atoms with Crippen LogP contribution in [-0.4, -0.2) is 18.2 Å². The molecule has 1 N–H and O–H groups in total. The number of pyridine rings is 1. The summed E-state index contributed by atoms with van der Waals surface area (Å²) in [6.07, 6.45) is -0.150. The SMILES string of the molecule is COc1ncc(-c2ccccc2)cc1[C@H]1NC(=O)O[C@@H]1c1cc(F)ccc1F. The molecule has 7 heteroatoms. The molecule has 0 radical (unpaired) electrons. The number of nitrogens with zero attached hydrogens (tertiary/aromatic N) is 1. The molecule has 2 atom stereocenters. The maximum atomic E-state index is 14.3. The van der Waals surface area contributed by atoms with Gasteiger partial charge in [-0.1, -0.05) is 30.3 Å². The van der Waals surface area contributed by atoms with Gasteiger partial charge in [-0.15, -0.1) is 0 Å². The van der Waals surface area contributed by atoms with E-state index in [-0.39, 0.29) is 11.4 Å². The molecule has 1 fully saturated rings. The molecule has 0 saturated carbocycles.